The number of anilines is 2. The Bertz CT molecular complexity index is 1170. The van der Waals surface area contributed by atoms with Crippen molar-refractivity contribution in [3.05, 3.63) is 45.8 Å². The van der Waals surface area contributed by atoms with Gasteiger partial charge in [-0.15, -0.1) is 0 Å². The van der Waals surface area contributed by atoms with Crippen LogP contribution in [-0.4, -0.2) is 64.0 Å². The zero-order valence-corrected chi connectivity index (χ0v) is 18.1. The molecule has 3 aromatic rings. The molecule has 1 aromatic carbocycles. The molecule has 1 unspecified atom stereocenters. The quantitative estimate of drug-likeness (QED) is 0.356. The molecule has 32 heavy (non-hydrogen) atoms. The van der Waals surface area contributed by atoms with Gasteiger partial charge in [-0.1, -0.05) is 23.9 Å². The predicted molar refractivity (Wildman–Crippen MR) is 117 cm³/mol. The molecule has 1 aliphatic rings. The molecule has 0 bridgehead atoms. The monoisotopic (exact) mass is 464 g/mol. The van der Waals surface area contributed by atoms with Gasteiger partial charge in [0.25, 0.3) is 5.56 Å². The summed E-state index contributed by atoms with van der Waals surface area (Å²) < 4.78 is 32.8. The number of H-pyrrole nitrogens is 1. The molecule has 3 N–H and O–H groups in total. The largest absolute Gasteiger partial charge is 0.394 e. The van der Waals surface area contributed by atoms with E-state index < -0.39 is 17.2 Å². The molecule has 0 radical (unpaired) electrons. The second-order valence-corrected chi connectivity index (χ2v) is 8.21. The van der Waals surface area contributed by atoms with Gasteiger partial charge in [0.15, 0.2) is 39.6 Å². The second-order valence-electron chi connectivity index (χ2n) is 7.27. The molecule has 0 amide bonds. The number of aliphatic hydroxyl groups excluding tert-OH is 1. The maximum Gasteiger partial charge on any atom is 0.292 e. The maximum atomic E-state index is 14.0. The summed E-state index contributed by atoms with van der Waals surface area (Å²) in [5.41, 5.74) is 0.321. The molecule has 9 nitrogen and oxygen atoms in total. The Hall–Kier alpha value is -2.83. The highest BCUT2D eigenvalue weighted by atomic mass is 32.2. The van der Waals surface area contributed by atoms with Crippen molar-refractivity contribution in [1.29, 1.82) is 0 Å². The number of ether oxygens (including phenoxy) is 1. The second kappa shape index (κ2) is 9.76. The topological polar surface area (TPSA) is 116 Å². The number of nitrogens with zero attached hydrogens (tertiary/aromatic N) is 4. The number of aliphatic hydroxyl groups is 1. The number of thioether (sulfide) groups is 1. The summed E-state index contributed by atoms with van der Waals surface area (Å²) >= 11 is 1.09. The van der Waals surface area contributed by atoms with Crippen molar-refractivity contribution in [2.24, 2.45) is 0 Å². The predicted octanol–water partition coefficient (Wildman–Crippen LogP) is 1.91. The van der Waals surface area contributed by atoms with Crippen LogP contribution in [0.2, 0.25) is 0 Å². The van der Waals surface area contributed by atoms with E-state index in [0.717, 1.165) is 17.8 Å². The maximum absolute atomic E-state index is 14.0. The molecule has 0 spiro atoms. The van der Waals surface area contributed by atoms with E-state index >= 15 is 0 Å². The lowest BCUT2D eigenvalue weighted by Gasteiger charge is -2.27. The van der Waals surface area contributed by atoms with Crippen molar-refractivity contribution in [1.82, 2.24) is 19.9 Å². The number of aromatic nitrogens is 4. The van der Waals surface area contributed by atoms with Crippen LogP contribution in [0.5, 0.6) is 0 Å². The van der Waals surface area contributed by atoms with Crippen LogP contribution in [0.1, 0.15) is 12.5 Å². The fourth-order valence-electron chi connectivity index (χ4n) is 3.18. The zero-order valence-electron chi connectivity index (χ0n) is 17.3. The van der Waals surface area contributed by atoms with Crippen molar-refractivity contribution >= 4 is 34.6 Å². The highest BCUT2D eigenvalue weighted by molar-refractivity contribution is 7.98. The van der Waals surface area contributed by atoms with E-state index in [1.165, 1.54) is 12.1 Å². The molecular formula is C20H22F2N6O3S. The highest BCUT2D eigenvalue weighted by Crippen LogP contribution is 2.27. The number of nitrogens with one attached hydrogen (secondary N) is 2. The molecule has 1 saturated heterocycles. The lowest BCUT2D eigenvalue weighted by molar-refractivity contribution is 0.122. The minimum atomic E-state index is -0.925. The molecule has 3 heterocycles. The first kappa shape index (κ1) is 22.4. The SMILES string of the molecule is CC(CO)Nc1nc(SCc2cccc(F)c2F)nc2[nH]c(=O)c(N3CCOCC3)nc12. The summed E-state index contributed by atoms with van der Waals surface area (Å²) in [6.07, 6.45) is 0. The van der Waals surface area contributed by atoms with E-state index in [9.17, 15) is 18.7 Å². The van der Waals surface area contributed by atoms with Gasteiger partial charge in [0, 0.05) is 30.4 Å². The van der Waals surface area contributed by atoms with E-state index in [4.69, 9.17) is 4.74 Å². The van der Waals surface area contributed by atoms with Gasteiger partial charge < -0.3 is 25.0 Å². The van der Waals surface area contributed by atoms with Crippen LogP contribution in [0.3, 0.4) is 0 Å². The lowest BCUT2D eigenvalue weighted by Crippen LogP contribution is -2.40. The number of fused-ring (bicyclic) bond motifs is 1. The van der Waals surface area contributed by atoms with Gasteiger partial charge in [0.1, 0.15) is 0 Å². The van der Waals surface area contributed by atoms with Crippen molar-refractivity contribution in [3.8, 4) is 0 Å². The Kier molecular flexibility index (Phi) is 6.82. The van der Waals surface area contributed by atoms with Crippen LogP contribution >= 0.6 is 11.8 Å². The summed E-state index contributed by atoms with van der Waals surface area (Å²) in [5, 5.41) is 12.8. The van der Waals surface area contributed by atoms with Crippen molar-refractivity contribution in [3.63, 3.8) is 0 Å². The third kappa shape index (κ3) is 4.81. The normalized spacial score (nSPS) is 15.2. The number of hydrogen-bond donors (Lipinski definition) is 3. The van der Waals surface area contributed by atoms with E-state index in [2.05, 4.69) is 25.3 Å². The fraction of sp³-hybridized carbons (Fsp3) is 0.400. The Morgan fingerprint density at radius 2 is 2.06 bits per heavy atom. The number of rotatable bonds is 7. The molecule has 0 saturated carbocycles. The third-order valence-corrected chi connectivity index (χ3v) is 5.77. The molecule has 0 aliphatic carbocycles. The summed E-state index contributed by atoms with van der Waals surface area (Å²) in [4.78, 5) is 30.6. The Labute approximate surface area is 186 Å². The van der Waals surface area contributed by atoms with Crippen LogP contribution in [0, 0.1) is 11.6 Å². The van der Waals surface area contributed by atoms with Gasteiger partial charge in [-0.3, -0.25) is 4.79 Å². The van der Waals surface area contributed by atoms with Crippen LogP contribution in [0.4, 0.5) is 20.4 Å². The van der Waals surface area contributed by atoms with Gasteiger partial charge >= 0.3 is 0 Å². The van der Waals surface area contributed by atoms with Crippen molar-refractivity contribution in [2.75, 3.05) is 43.1 Å². The molecule has 1 atom stereocenters. The first-order chi connectivity index (χ1) is 15.5. The number of benzene rings is 1. The average molecular weight is 464 g/mol. The van der Waals surface area contributed by atoms with E-state index in [1.807, 2.05) is 4.90 Å². The Balaban J connectivity index is 1.71. The van der Waals surface area contributed by atoms with E-state index in [0.29, 0.717) is 37.6 Å². The standard InChI is InChI=1S/C20H22F2N6O3S/c1-11(9-29)23-16-15-17(25-19(30)18(24-15)28-5-7-31-8-6-28)27-20(26-16)32-10-12-3-2-4-13(21)14(12)22/h2-4,11,29H,5-10H2,1H3,(H2,23,25,26,27,30). The van der Waals surface area contributed by atoms with Crippen LogP contribution in [-0.2, 0) is 10.5 Å². The number of aromatic amines is 1. The summed E-state index contributed by atoms with van der Waals surface area (Å²) in [7, 11) is 0. The van der Waals surface area contributed by atoms with Crippen molar-refractivity contribution < 1.29 is 18.6 Å². The summed E-state index contributed by atoms with van der Waals surface area (Å²) in [6.45, 7) is 3.67. The first-order valence-corrected chi connectivity index (χ1v) is 11.0. The van der Waals surface area contributed by atoms with Gasteiger partial charge in [-0.05, 0) is 13.0 Å². The molecule has 2 aromatic heterocycles. The summed E-state index contributed by atoms with van der Waals surface area (Å²) in [5.74, 6) is -1.19. The Morgan fingerprint density at radius 3 is 2.81 bits per heavy atom. The van der Waals surface area contributed by atoms with Gasteiger partial charge in [-0.2, -0.15) is 0 Å². The van der Waals surface area contributed by atoms with Crippen LogP contribution in [0.25, 0.3) is 11.2 Å². The van der Waals surface area contributed by atoms with Gasteiger partial charge in [-0.25, -0.2) is 23.7 Å². The zero-order chi connectivity index (χ0) is 22.7. The molecule has 170 valence electrons. The summed E-state index contributed by atoms with van der Waals surface area (Å²) in [6, 6.07) is 3.63. The number of halogens is 2. The number of hydrogen-bond acceptors (Lipinski definition) is 9. The minimum absolute atomic E-state index is 0.0909. The molecule has 12 heteroatoms. The molecular weight excluding hydrogens is 442 g/mol. The van der Waals surface area contributed by atoms with Gasteiger partial charge in [0.05, 0.1) is 19.8 Å². The highest BCUT2D eigenvalue weighted by Gasteiger charge is 2.20. The van der Waals surface area contributed by atoms with Crippen LogP contribution in [0.15, 0.2) is 28.2 Å². The Morgan fingerprint density at radius 1 is 1.28 bits per heavy atom. The minimum Gasteiger partial charge on any atom is -0.394 e. The molecule has 4 rings (SSSR count). The smallest absolute Gasteiger partial charge is 0.292 e. The molecule has 1 fully saturated rings. The van der Waals surface area contributed by atoms with Gasteiger partial charge in [0.2, 0.25) is 0 Å². The van der Waals surface area contributed by atoms with E-state index in [1.54, 1.807) is 6.92 Å². The lowest BCUT2D eigenvalue weighted by atomic mass is 10.2. The first-order valence-electron chi connectivity index (χ1n) is 10.0. The third-order valence-electron chi connectivity index (χ3n) is 4.87. The molecule has 1 aliphatic heterocycles. The van der Waals surface area contributed by atoms with Crippen LogP contribution < -0.4 is 15.8 Å². The van der Waals surface area contributed by atoms with Crippen molar-refractivity contribution in [2.45, 2.75) is 23.9 Å². The fourth-order valence-corrected chi connectivity index (χ4v) is 4.00. The number of morpholine rings is 1. The average Bonchev–Trinajstić information content (AvgIpc) is 2.80. The van der Waals surface area contributed by atoms with E-state index in [-0.39, 0.29) is 40.6 Å².